The van der Waals surface area contributed by atoms with Gasteiger partial charge in [0.15, 0.2) is 5.75 Å². The Morgan fingerprint density at radius 3 is 1.82 bits per heavy atom. The maximum atomic E-state index is 15.0. The quantitative estimate of drug-likeness (QED) is 0.0734. The van der Waals surface area contributed by atoms with Crippen molar-refractivity contribution in [2.75, 3.05) is 32.0 Å². The zero-order chi connectivity index (χ0) is 39.9. The van der Waals surface area contributed by atoms with Crippen molar-refractivity contribution in [1.29, 1.82) is 0 Å². The summed E-state index contributed by atoms with van der Waals surface area (Å²) >= 11 is 0. The zero-order valence-electron chi connectivity index (χ0n) is 31.9. The summed E-state index contributed by atoms with van der Waals surface area (Å²) in [5.74, 6) is -4.03. The molecule has 292 valence electrons. The fourth-order valence-electron chi connectivity index (χ4n) is 10.1. The van der Waals surface area contributed by atoms with E-state index in [1.165, 1.54) is 34.3 Å². The molecule has 0 aromatic heterocycles. The monoisotopic (exact) mass is 764 g/mol. The van der Waals surface area contributed by atoms with Crippen molar-refractivity contribution in [3.63, 3.8) is 0 Å². The number of hydrogen-bond donors (Lipinski definition) is 5. The molecule has 5 unspecified atom stereocenters. The van der Waals surface area contributed by atoms with Crippen molar-refractivity contribution in [3.8, 4) is 23.0 Å². The predicted octanol–water partition coefficient (Wildman–Crippen LogP) is 6.83. The van der Waals surface area contributed by atoms with E-state index >= 15 is 4.79 Å². The Hall–Kier alpha value is -5.85. The second-order valence-electron chi connectivity index (χ2n) is 15.6. The number of benzene rings is 5. The van der Waals surface area contributed by atoms with Gasteiger partial charge in [-0.3, -0.25) is 24.0 Å². The molecular formula is C43H44N2O11. The number of fused-ring (bicyclic) bond motifs is 1. The molecule has 13 heteroatoms. The summed E-state index contributed by atoms with van der Waals surface area (Å²) in [4.78, 5) is 67.9. The van der Waals surface area contributed by atoms with Crippen LogP contribution in [0.5, 0.6) is 23.0 Å². The van der Waals surface area contributed by atoms with Gasteiger partial charge in [-0.2, -0.15) is 0 Å². The van der Waals surface area contributed by atoms with Crippen LogP contribution in [0.2, 0.25) is 0 Å². The SMILES string of the molecule is COc1c2c3c4c(c(NC5CCCC(C(=O)O)C5)c(=O)c5c(O)cc(OC)c(c6c(OC)cc(NC7CCCC(C(=O)O)C7)c(c1=O)c63)c54)C=C(C)C2C(C)=O. The highest BCUT2D eigenvalue weighted by Gasteiger charge is 2.38. The number of phenolic OH excluding ortho intramolecular Hbond substituents is 1. The van der Waals surface area contributed by atoms with E-state index in [0.717, 1.165) is 0 Å². The fourth-order valence-corrected chi connectivity index (χ4v) is 10.1. The first-order valence-corrected chi connectivity index (χ1v) is 19.0. The number of carboxylic acids is 2. The van der Waals surface area contributed by atoms with Crippen LogP contribution in [0.3, 0.4) is 0 Å². The van der Waals surface area contributed by atoms with Crippen LogP contribution in [-0.2, 0) is 14.4 Å². The number of hydrogen-bond acceptors (Lipinski definition) is 11. The molecule has 0 amide bonds. The van der Waals surface area contributed by atoms with Crippen LogP contribution in [0.1, 0.15) is 82.3 Å². The van der Waals surface area contributed by atoms with Gasteiger partial charge >= 0.3 is 11.9 Å². The molecule has 3 aliphatic carbocycles. The van der Waals surface area contributed by atoms with Gasteiger partial charge in [0.05, 0.1) is 61.2 Å². The molecule has 2 saturated carbocycles. The van der Waals surface area contributed by atoms with Crippen molar-refractivity contribution in [1.82, 2.24) is 0 Å². The molecule has 2 fully saturated rings. The zero-order valence-corrected chi connectivity index (χ0v) is 31.9. The van der Waals surface area contributed by atoms with Gasteiger partial charge in [0.2, 0.25) is 10.9 Å². The summed E-state index contributed by atoms with van der Waals surface area (Å²) < 4.78 is 18.0. The van der Waals surface area contributed by atoms with E-state index in [2.05, 4.69) is 10.6 Å². The summed E-state index contributed by atoms with van der Waals surface area (Å²) in [7, 11) is 4.30. The number of nitrogens with one attached hydrogen (secondary N) is 2. The lowest BCUT2D eigenvalue weighted by molar-refractivity contribution is -0.143. The summed E-state index contributed by atoms with van der Waals surface area (Å²) in [6, 6.07) is 2.39. The van der Waals surface area contributed by atoms with Crippen molar-refractivity contribution in [2.45, 2.75) is 83.2 Å². The summed E-state index contributed by atoms with van der Waals surface area (Å²) in [5.41, 5.74) is 0.835. The maximum Gasteiger partial charge on any atom is 0.306 e. The van der Waals surface area contributed by atoms with Crippen molar-refractivity contribution < 1.29 is 43.9 Å². The number of aromatic hydroxyl groups is 1. The molecule has 5 N–H and O–H groups in total. The largest absolute Gasteiger partial charge is 0.507 e. The van der Waals surface area contributed by atoms with Crippen LogP contribution < -0.4 is 35.7 Å². The van der Waals surface area contributed by atoms with Gasteiger partial charge in [-0.15, -0.1) is 0 Å². The van der Waals surface area contributed by atoms with Crippen LogP contribution in [0.4, 0.5) is 11.4 Å². The number of carboxylic acid groups (broad SMARTS) is 2. The lowest BCUT2D eigenvalue weighted by Crippen LogP contribution is -2.33. The number of carbonyl (C=O) groups excluding carboxylic acids is 1. The van der Waals surface area contributed by atoms with Gasteiger partial charge < -0.3 is 40.2 Å². The van der Waals surface area contributed by atoms with E-state index in [-0.39, 0.29) is 58.0 Å². The summed E-state index contributed by atoms with van der Waals surface area (Å²) in [6.45, 7) is 3.20. The predicted molar refractivity (Wildman–Crippen MR) is 214 cm³/mol. The van der Waals surface area contributed by atoms with Crippen LogP contribution in [0.15, 0.2) is 27.3 Å². The van der Waals surface area contributed by atoms with Gasteiger partial charge in [0, 0.05) is 62.3 Å². The van der Waals surface area contributed by atoms with E-state index in [1.807, 2.05) is 0 Å². The molecule has 5 atom stereocenters. The lowest BCUT2D eigenvalue weighted by Gasteiger charge is -2.30. The lowest BCUT2D eigenvalue weighted by atomic mass is 9.80. The molecule has 5 aromatic rings. The minimum atomic E-state index is -0.973. The standard InChI is InChI=1S/C43H44N2O11/c1-17-12-23-29-34-31(39(48)38(23)45-22-11-7-9-20(14-22)43(52)53)25(47)16-27(55-4)33(34)32-26(54-3)15-24(44-21-10-6-8-19(13-21)42(50)51)30-36(32)35(29)37(28(17)18(2)46)41(56-5)40(30)49/h12,15-16,19-22,28,44-45,47H,6-11,13-14H2,1-5H3,(H,50,51)(H,52,53). The van der Waals surface area contributed by atoms with E-state index in [4.69, 9.17) is 14.2 Å². The van der Waals surface area contributed by atoms with E-state index in [0.29, 0.717) is 105 Å². The van der Waals surface area contributed by atoms with Gasteiger partial charge in [-0.1, -0.05) is 24.5 Å². The highest BCUT2D eigenvalue weighted by molar-refractivity contribution is 6.40. The molecule has 0 saturated heterocycles. The number of Topliss-reactive ketones (excluding diaryl/α,β-unsaturated/α-hetero) is 1. The van der Waals surface area contributed by atoms with E-state index < -0.39 is 40.5 Å². The molecule has 13 nitrogen and oxygen atoms in total. The number of phenols is 1. The first-order valence-electron chi connectivity index (χ1n) is 19.0. The third kappa shape index (κ3) is 5.45. The number of ketones is 1. The Kier molecular flexibility index (Phi) is 9.08. The van der Waals surface area contributed by atoms with Gasteiger partial charge in [0.25, 0.3) is 0 Å². The molecule has 0 radical (unpaired) electrons. The number of ether oxygens (including phenoxy) is 3. The van der Waals surface area contributed by atoms with Crippen LogP contribution in [0, 0.1) is 11.8 Å². The Balaban J connectivity index is 1.59. The Morgan fingerprint density at radius 1 is 0.696 bits per heavy atom. The average molecular weight is 765 g/mol. The molecule has 8 rings (SSSR count). The van der Waals surface area contributed by atoms with Gasteiger partial charge in [0.1, 0.15) is 23.0 Å². The van der Waals surface area contributed by atoms with Crippen molar-refractivity contribution >= 4 is 78.3 Å². The second-order valence-corrected chi connectivity index (χ2v) is 15.6. The number of rotatable bonds is 10. The minimum Gasteiger partial charge on any atom is -0.507 e. The first kappa shape index (κ1) is 37.1. The minimum absolute atomic E-state index is 0.0129. The molecule has 56 heavy (non-hydrogen) atoms. The Labute approximate surface area is 320 Å². The molecular weight excluding hydrogens is 720 g/mol. The second kappa shape index (κ2) is 13.7. The highest BCUT2D eigenvalue weighted by Crippen LogP contribution is 2.56. The van der Waals surface area contributed by atoms with Crippen LogP contribution in [0.25, 0.3) is 49.2 Å². The third-order valence-electron chi connectivity index (χ3n) is 12.4. The topological polar surface area (TPSA) is 198 Å². The normalized spacial score (nSPS) is 22.3. The van der Waals surface area contributed by atoms with Crippen molar-refractivity contribution in [3.05, 3.63) is 49.3 Å². The van der Waals surface area contributed by atoms with Gasteiger partial charge in [-0.05, 0) is 57.8 Å². The third-order valence-corrected chi connectivity index (χ3v) is 12.4. The molecule has 3 aliphatic rings. The van der Waals surface area contributed by atoms with E-state index in [9.17, 15) is 34.5 Å². The summed E-state index contributed by atoms with van der Waals surface area (Å²) in [5, 5.41) is 41.2. The van der Waals surface area contributed by atoms with Gasteiger partial charge in [-0.25, -0.2) is 0 Å². The first-order chi connectivity index (χ1) is 26.8. The molecule has 5 aromatic carbocycles. The fraction of sp³-hybridized carbons (Fsp3) is 0.419. The van der Waals surface area contributed by atoms with Crippen LogP contribution >= 0.6 is 0 Å². The maximum absolute atomic E-state index is 15.0. The number of methoxy groups -OCH3 is 3. The number of allylic oxidation sites excluding steroid dienone is 1. The van der Waals surface area contributed by atoms with Crippen molar-refractivity contribution in [2.24, 2.45) is 11.8 Å². The summed E-state index contributed by atoms with van der Waals surface area (Å²) in [6.07, 6.45) is 6.07. The molecule has 0 spiro atoms. The Morgan fingerprint density at radius 2 is 1.27 bits per heavy atom. The van der Waals surface area contributed by atoms with E-state index in [1.54, 1.807) is 19.1 Å². The Bertz CT molecular complexity index is 2650. The number of anilines is 2. The molecule has 0 bridgehead atoms. The smallest absolute Gasteiger partial charge is 0.306 e. The number of aliphatic carboxylic acids is 2. The molecule has 0 aliphatic heterocycles. The average Bonchev–Trinajstić information content (AvgIpc) is 3.30. The molecule has 0 heterocycles. The van der Waals surface area contributed by atoms with Crippen LogP contribution in [-0.4, -0.2) is 66.5 Å². The highest BCUT2D eigenvalue weighted by atomic mass is 16.5. The number of carbonyl (C=O) groups is 3.